The van der Waals surface area contributed by atoms with Crippen LogP contribution in [0.5, 0.6) is 0 Å². The van der Waals surface area contributed by atoms with Gasteiger partial charge in [-0.3, -0.25) is 0 Å². The minimum atomic E-state index is -0.555. The van der Waals surface area contributed by atoms with Gasteiger partial charge in [-0.05, 0) is 124 Å². The molecule has 6 aliphatic rings. The lowest BCUT2D eigenvalue weighted by molar-refractivity contribution is -0.165. The van der Waals surface area contributed by atoms with E-state index in [0.29, 0.717) is 109 Å². The Balaban J connectivity index is 0.000000592. The summed E-state index contributed by atoms with van der Waals surface area (Å²) in [6, 6.07) is 0. The lowest BCUT2D eigenvalue weighted by atomic mass is 9.49. The molecule has 6 rings (SSSR count). The van der Waals surface area contributed by atoms with Gasteiger partial charge in [0.25, 0.3) is 0 Å². The summed E-state index contributed by atoms with van der Waals surface area (Å²) in [5.74, 6) is 14.3. The van der Waals surface area contributed by atoms with Crippen LogP contribution in [-0.2, 0) is 28.4 Å². The molecule has 6 fully saturated rings. The van der Waals surface area contributed by atoms with Crippen LogP contribution in [0.1, 0.15) is 123 Å². The topological polar surface area (TPSA) is 82.2 Å². The highest BCUT2D eigenvalue weighted by Gasteiger charge is 2.55. The van der Waals surface area contributed by atoms with E-state index < -0.39 is 6.10 Å². The first-order chi connectivity index (χ1) is 27.3. The molecule has 0 radical (unpaired) electrons. The average molecular weight is 827 g/mol. The van der Waals surface area contributed by atoms with Crippen molar-refractivity contribution in [3.63, 3.8) is 0 Å². The first kappa shape index (κ1) is 48.7. The van der Waals surface area contributed by atoms with E-state index in [-0.39, 0.29) is 11.8 Å². The van der Waals surface area contributed by atoms with Crippen molar-refractivity contribution >= 4 is 0 Å². The molecular weight excluding hydrogens is 725 g/mol. The molecule has 2 aliphatic heterocycles. The van der Waals surface area contributed by atoms with Gasteiger partial charge < -0.3 is 33.5 Å². The van der Waals surface area contributed by atoms with Crippen molar-refractivity contribution in [2.24, 2.45) is 124 Å². The van der Waals surface area contributed by atoms with Crippen molar-refractivity contribution in [2.45, 2.75) is 154 Å². The standard InChI is InChI=1S/C27H50O5.C24H44O2.4H2/c1-14-18(5)26(31-11-22(28)10-29-9)19(6)15(2)24(14)25-16(3)20(7)27(21(8)17(25)4)32-13-23-12-30-23;1-12-13(2)15(4)22(16(5)14(12)3)23-17(6)19(8)24(20(9)18(23)7)26-11-21-10-25-21;;;;/h14-28H,10-13H2,1-9H3;12-24H,10-11H2,1-9H3;4*1H. The lowest BCUT2D eigenvalue weighted by Crippen LogP contribution is -2.56. The second-order valence-electron chi connectivity index (χ2n) is 22.3. The minimum Gasteiger partial charge on any atom is -0.388 e. The summed E-state index contributed by atoms with van der Waals surface area (Å²) in [7, 11) is 1.62. The minimum absolute atomic E-state index is 0. The van der Waals surface area contributed by atoms with E-state index in [4.69, 9.17) is 28.4 Å². The molecule has 58 heavy (non-hydrogen) atoms. The van der Waals surface area contributed by atoms with Crippen molar-refractivity contribution in [2.75, 3.05) is 46.8 Å². The van der Waals surface area contributed by atoms with E-state index >= 15 is 0 Å². The number of hydrogen-bond donors (Lipinski definition) is 1. The van der Waals surface area contributed by atoms with Crippen LogP contribution in [0.4, 0.5) is 0 Å². The third kappa shape index (κ3) is 10.2. The van der Waals surface area contributed by atoms with Gasteiger partial charge in [0, 0.05) is 12.8 Å². The van der Waals surface area contributed by atoms with E-state index in [1.54, 1.807) is 7.11 Å². The normalized spacial score (nSPS) is 53.6. The van der Waals surface area contributed by atoms with Crippen LogP contribution in [-0.4, -0.2) is 88.5 Å². The molecule has 0 aromatic rings. The van der Waals surface area contributed by atoms with Crippen LogP contribution >= 0.6 is 0 Å². The summed E-state index contributed by atoms with van der Waals surface area (Å²) < 4.78 is 35.0. The fourth-order valence-electron chi connectivity index (χ4n) is 14.3. The number of aliphatic hydroxyl groups is 1. The highest BCUT2D eigenvalue weighted by molar-refractivity contribution is 5.03. The summed E-state index contributed by atoms with van der Waals surface area (Å²) in [6.45, 7) is 45.9. The second-order valence-corrected chi connectivity index (χ2v) is 22.3. The maximum Gasteiger partial charge on any atom is 0.104 e. The van der Waals surface area contributed by atoms with E-state index in [1.807, 2.05) is 0 Å². The number of rotatable bonds is 13. The van der Waals surface area contributed by atoms with Crippen LogP contribution in [0, 0.1) is 124 Å². The highest BCUT2D eigenvalue weighted by Crippen LogP contribution is 2.57. The number of hydrogen-bond acceptors (Lipinski definition) is 7. The fourth-order valence-corrected chi connectivity index (χ4v) is 14.3. The Bertz CT molecular complexity index is 1200. The summed E-state index contributed by atoms with van der Waals surface area (Å²) in [5, 5.41) is 10.1. The van der Waals surface area contributed by atoms with Crippen LogP contribution in [0.15, 0.2) is 0 Å². The second kappa shape index (κ2) is 20.5. The number of ether oxygens (including phenoxy) is 6. The predicted molar refractivity (Wildman–Crippen MR) is 245 cm³/mol. The number of aliphatic hydroxyl groups excluding tert-OH is 1. The van der Waals surface area contributed by atoms with E-state index in [2.05, 4.69) is 118 Å². The molecular formula is C51H102O7. The molecule has 2 saturated heterocycles. The van der Waals surface area contributed by atoms with Gasteiger partial charge in [0.1, 0.15) is 18.3 Å². The molecule has 19 atom stereocenters. The Labute approximate surface area is 363 Å². The Morgan fingerprint density at radius 1 is 0.397 bits per heavy atom. The van der Waals surface area contributed by atoms with Crippen molar-refractivity contribution in [1.82, 2.24) is 0 Å². The van der Waals surface area contributed by atoms with Crippen LogP contribution in [0.25, 0.3) is 0 Å². The van der Waals surface area contributed by atoms with E-state index in [1.165, 1.54) is 0 Å². The largest absolute Gasteiger partial charge is 0.388 e. The Morgan fingerprint density at radius 3 is 0.897 bits per heavy atom. The zero-order valence-corrected chi connectivity index (χ0v) is 40.7. The van der Waals surface area contributed by atoms with Crippen LogP contribution < -0.4 is 0 Å². The molecule has 0 aromatic heterocycles. The SMILES string of the molecule is CC1C(C)C(C)C(C2C(C)C(C)C(OCC3CO3)C(C)C2C)C(C)C1C.COCC(O)COC1C(C)C(C)C(C2C(C)C(C)C(OCC3CO3)C(C)C2C)C(C)C1C.[HH].[HH].[HH].[HH]. The first-order valence-electron chi connectivity index (χ1n) is 24.5. The summed E-state index contributed by atoms with van der Waals surface area (Å²) in [4.78, 5) is 0. The molecule has 0 aromatic carbocycles. The van der Waals surface area contributed by atoms with Gasteiger partial charge in [-0.15, -0.1) is 0 Å². The van der Waals surface area contributed by atoms with Crippen molar-refractivity contribution in [3.8, 4) is 0 Å². The van der Waals surface area contributed by atoms with Crippen LogP contribution in [0.3, 0.4) is 0 Å². The zero-order chi connectivity index (χ0) is 43.1. The third-order valence-electron chi connectivity index (χ3n) is 19.7. The quantitative estimate of drug-likeness (QED) is 0.185. The maximum atomic E-state index is 10.1. The monoisotopic (exact) mass is 827 g/mol. The Kier molecular flexibility index (Phi) is 17.2. The van der Waals surface area contributed by atoms with Crippen molar-refractivity contribution in [1.29, 1.82) is 0 Å². The summed E-state index contributed by atoms with van der Waals surface area (Å²) >= 11 is 0. The number of methoxy groups -OCH3 is 1. The molecule has 0 spiro atoms. The van der Waals surface area contributed by atoms with Crippen LogP contribution in [0.2, 0.25) is 0 Å². The number of epoxide rings is 2. The van der Waals surface area contributed by atoms with Gasteiger partial charge in [-0.1, -0.05) is 118 Å². The van der Waals surface area contributed by atoms with Crippen molar-refractivity contribution in [3.05, 3.63) is 0 Å². The fraction of sp³-hybridized carbons (Fsp3) is 1.00. The average Bonchev–Trinajstić information content (AvgIpc) is 4.14. The Hall–Kier alpha value is -0.280. The van der Waals surface area contributed by atoms with E-state index in [9.17, 15) is 5.11 Å². The first-order valence-corrected chi connectivity index (χ1v) is 24.5. The van der Waals surface area contributed by atoms with Gasteiger partial charge in [-0.2, -0.15) is 0 Å². The molecule has 7 heteroatoms. The van der Waals surface area contributed by atoms with Gasteiger partial charge >= 0.3 is 0 Å². The van der Waals surface area contributed by atoms with Gasteiger partial charge in [-0.25, -0.2) is 0 Å². The van der Waals surface area contributed by atoms with Gasteiger partial charge in [0.2, 0.25) is 0 Å². The molecule has 1 N–H and O–H groups in total. The molecule has 0 bridgehead atoms. The molecule has 4 saturated carbocycles. The zero-order valence-electron chi connectivity index (χ0n) is 40.7. The predicted octanol–water partition coefficient (Wildman–Crippen LogP) is 11.3. The molecule has 0 amide bonds. The summed E-state index contributed by atoms with van der Waals surface area (Å²) in [6.07, 6.45) is 1.05. The lowest BCUT2D eigenvalue weighted by Gasteiger charge is -2.57. The molecule has 19 unspecified atom stereocenters. The Morgan fingerprint density at radius 2 is 0.638 bits per heavy atom. The molecule has 348 valence electrons. The molecule has 4 aliphatic carbocycles. The smallest absolute Gasteiger partial charge is 0.104 e. The van der Waals surface area contributed by atoms with E-state index in [0.717, 1.165) is 79.7 Å². The van der Waals surface area contributed by atoms with Crippen molar-refractivity contribution < 1.29 is 39.2 Å². The highest BCUT2D eigenvalue weighted by atomic mass is 16.6. The molecule has 7 nitrogen and oxygen atoms in total. The molecule has 2 heterocycles. The summed E-state index contributed by atoms with van der Waals surface area (Å²) in [5.41, 5.74) is 0. The maximum absolute atomic E-state index is 10.1. The van der Waals surface area contributed by atoms with Gasteiger partial charge in [0.05, 0.1) is 58.0 Å². The van der Waals surface area contributed by atoms with Gasteiger partial charge in [0.15, 0.2) is 0 Å². The third-order valence-corrected chi connectivity index (χ3v) is 19.7.